The summed E-state index contributed by atoms with van der Waals surface area (Å²) in [4.78, 5) is 60.2. The number of Topliss-reactive ketones (excluding diaryl/α,β-unsaturated/α-hetero) is 1. The first-order valence-electron chi connectivity index (χ1n) is 14.0. The van der Waals surface area contributed by atoms with Crippen molar-refractivity contribution >= 4 is 57.3 Å². The smallest absolute Gasteiger partial charge is 0.268 e. The maximum absolute atomic E-state index is 13.8. The molecule has 1 saturated heterocycles. The number of methoxy groups -OCH3 is 1. The Labute approximate surface area is 247 Å². The van der Waals surface area contributed by atoms with Crippen LogP contribution in [-0.4, -0.2) is 59.2 Å². The molecule has 1 saturated carbocycles. The molecule has 1 aliphatic carbocycles. The van der Waals surface area contributed by atoms with Gasteiger partial charge in [0, 0.05) is 28.7 Å². The van der Waals surface area contributed by atoms with Crippen molar-refractivity contribution in [1.82, 2.24) is 25.9 Å². The van der Waals surface area contributed by atoms with E-state index in [9.17, 15) is 19.2 Å². The molecule has 3 aromatic rings. The number of thiazole rings is 1. The number of H-pyrrole nitrogens is 1. The highest BCUT2D eigenvalue weighted by Gasteiger charge is 2.35. The Morgan fingerprint density at radius 2 is 1.93 bits per heavy atom. The second-order valence-corrected chi connectivity index (χ2v) is 12.0. The van der Waals surface area contributed by atoms with Gasteiger partial charge < -0.3 is 25.7 Å². The zero-order chi connectivity index (χ0) is 28.9. The van der Waals surface area contributed by atoms with E-state index in [0.29, 0.717) is 30.8 Å². The summed E-state index contributed by atoms with van der Waals surface area (Å²) in [5.74, 6) is -0.937. The van der Waals surface area contributed by atoms with E-state index in [2.05, 4.69) is 25.9 Å². The third-order valence-corrected chi connectivity index (χ3v) is 9.19. The maximum Gasteiger partial charge on any atom is 0.268 e. The van der Waals surface area contributed by atoms with E-state index < -0.39 is 35.6 Å². The molecule has 2 aliphatic rings. The Balaban J connectivity index is 1.37. The molecule has 1 aromatic carbocycles. The number of halogens is 1. The van der Waals surface area contributed by atoms with Crippen molar-refractivity contribution in [3.63, 3.8) is 0 Å². The van der Waals surface area contributed by atoms with Gasteiger partial charge in [0.1, 0.15) is 22.6 Å². The molecule has 0 bridgehead atoms. The molecule has 10 nitrogen and oxygen atoms in total. The second kappa shape index (κ2) is 13.0. The minimum atomic E-state index is -0.985. The highest BCUT2D eigenvalue weighted by Crippen LogP contribution is 2.29. The maximum atomic E-state index is 13.8. The van der Waals surface area contributed by atoms with Crippen LogP contribution in [0.5, 0.6) is 5.75 Å². The minimum Gasteiger partial charge on any atom is -0.496 e. The number of amides is 3. The van der Waals surface area contributed by atoms with E-state index in [4.69, 9.17) is 16.3 Å². The Morgan fingerprint density at radius 1 is 1.12 bits per heavy atom. The summed E-state index contributed by atoms with van der Waals surface area (Å²) in [6.45, 7) is 0.525. The summed E-state index contributed by atoms with van der Waals surface area (Å²) >= 11 is 7.06. The van der Waals surface area contributed by atoms with Gasteiger partial charge in [0.2, 0.25) is 17.6 Å². The lowest BCUT2D eigenvalue weighted by molar-refractivity contribution is -0.125. The average Bonchev–Trinajstić information content (AvgIpc) is 3.72. The van der Waals surface area contributed by atoms with Crippen LogP contribution in [-0.2, 0) is 9.59 Å². The Kier molecular flexibility index (Phi) is 9.24. The third-order valence-electron chi connectivity index (χ3n) is 8.01. The van der Waals surface area contributed by atoms with Gasteiger partial charge in [-0.3, -0.25) is 19.2 Å². The quantitative estimate of drug-likeness (QED) is 0.243. The first-order chi connectivity index (χ1) is 19.8. The summed E-state index contributed by atoms with van der Waals surface area (Å²) in [5.41, 5.74) is 1.05. The molecular formula is C29H34ClN5O5S. The highest BCUT2D eigenvalue weighted by atomic mass is 35.5. The van der Waals surface area contributed by atoms with Crippen molar-refractivity contribution in [1.29, 1.82) is 0 Å². The van der Waals surface area contributed by atoms with Gasteiger partial charge in [0.05, 0.1) is 13.2 Å². The van der Waals surface area contributed by atoms with Gasteiger partial charge in [-0.1, -0.05) is 49.8 Å². The lowest BCUT2D eigenvalue weighted by Crippen LogP contribution is -2.53. The van der Waals surface area contributed by atoms with Crippen molar-refractivity contribution in [2.45, 2.75) is 63.5 Å². The molecular weight excluding hydrogens is 566 g/mol. The number of hydrogen-bond acceptors (Lipinski definition) is 7. The minimum absolute atomic E-state index is 0.138. The molecule has 5 rings (SSSR count). The van der Waals surface area contributed by atoms with Crippen LogP contribution in [0.1, 0.15) is 71.7 Å². The molecule has 0 spiro atoms. The Hall–Kier alpha value is -3.44. The summed E-state index contributed by atoms with van der Waals surface area (Å²) in [6, 6.07) is 5.34. The number of ketones is 1. The van der Waals surface area contributed by atoms with Crippen molar-refractivity contribution in [3.8, 4) is 5.75 Å². The molecule has 12 heteroatoms. The standard InChI is InChI=1S/C29H34ClN5O5S/c1-40-23-9-5-8-19-18(23)14-22(32-19)28(39)34-21(12-16-6-3-2-4-7-16)27(38)33-20(13-17-10-11-31-26(17)37)25(36)29-35-24(30)15-41-29/h5,8-9,14-17,20-21,32H,2-4,6-7,10-13H2,1H3,(H,31,37)(H,33,38)(H,34,39)/t17-,20-,21+/m0/s1. The number of nitrogens with zero attached hydrogens (tertiary/aromatic N) is 1. The molecule has 41 heavy (non-hydrogen) atoms. The fourth-order valence-electron chi connectivity index (χ4n) is 5.83. The highest BCUT2D eigenvalue weighted by molar-refractivity contribution is 7.12. The van der Waals surface area contributed by atoms with Gasteiger partial charge in [-0.15, -0.1) is 11.3 Å². The van der Waals surface area contributed by atoms with Gasteiger partial charge in [0.15, 0.2) is 5.01 Å². The topological polar surface area (TPSA) is 142 Å². The fourth-order valence-corrected chi connectivity index (χ4v) is 6.77. The summed E-state index contributed by atoms with van der Waals surface area (Å²) in [6.07, 6.45) is 6.44. The molecule has 1 aliphatic heterocycles. The van der Waals surface area contributed by atoms with E-state index >= 15 is 0 Å². The third kappa shape index (κ3) is 6.90. The normalized spacial score (nSPS) is 19.0. The first kappa shape index (κ1) is 29.1. The van der Waals surface area contributed by atoms with Gasteiger partial charge in [-0.05, 0) is 43.4 Å². The molecule has 4 N–H and O–H groups in total. The predicted octanol–water partition coefficient (Wildman–Crippen LogP) is 4.25. The molecule has 0 radical (unpaired) electrons. The zero-order valence-corrected chi connectivity index (χ0v) is 24.4. The number of nitrogens with one attached hydrogen (secondary N) is 4. The van der Waals surface area contributed by atoms with Crippen LogP contribution in [0, 0.1) is 11.8 Å². The van der Waals surface area contributed by atoms with E-state index in [1.54, 1.807) is 18.6 Å². The zero-order valence-electron chi connectivity index (χ0n) is 22.8. The number of hydrogen-bond donors (Lipinski definition) is 4. The molecule has 3 atom stereocenters. The predicted molar refractivity (Wildman–Crippen MR) is 156 cm³/mol. The first-order valence-corrected chi connectivity index (χ1v) is 15.3. The number of benzene rings is 1. The van der Waals surface area contributed by atoms with Crippen LogP contribution in [0.15, 0.2) is 29.6 Å². The van der Waals surface area contributed by atoms with Crippen molar-refractivity contribution in [2.75, 3.05) is 13.7 Å². The number of rotatable bonds is 11. The van der Waals surface area contributed by atoms with Crippen LogP contribution in [0.4, 0.5) is 0 Å². The van der Waals surface area contributed by atoms with E-state index in [0.717, 1.165) is 54.3 Å². The van der Waals surface area contributed by atoms with Crippen LogP contribution in [0.3, 0.4) is 0 Å². The molecule has 2 fully saturated rings. The number of carbonyl (C=O) groups excluding carboxylic acids is 4. The van der Waals surface area contributed by atoms with Crippen molar-refractivity contribution in [3.05, 3.63) is 45.5 Å². The Bertz CT molecular complexity index is 1430. The van der Waals surface area contributed by atoms with Crippen LogP contribution < -0.4 is 20.7 Å². The van der Waals surface area contributed by atoms with Gasteiger partial charge in [-0.2, -0.15) is 0 Å². The summed E-state index contributed by atoms with van der Waals surface area (Å²) in [7, 11) is 1.57. The average molecular weight is 600 g/mol. The molecule has 218 valence electrons. The van der Waals surface area contributed by atoms with E-state index in [-0.39, 0.29) is 28.4 Å². The molecule has 3 heterocycles. The number of ether oxygens (including phenoxy) is 1. The monoisotopic (exact) mass is 599 g/mol. The van der Waals surface area contributed by atoms with E-state index in [1.165, 1.54) is 0 Å². The lowest BCUT2D eigenvalue weighted by Gasteiger charge is -2.28. The van der Waals surface area contributed by atoms with Crippen molar-refractivity contribution in [2.24, 2.45) is 11.8 Å². The van der Waals surface area contributed by atoms with Crippen LogP contribution in [0.2, 0.25) is 5.15 Å². The fraction of sp³-hybridized carbons (Fsp3) is 0.483. The number of fused-ring (bicyclic) bond motifs is 1. The van der Waals surface area contributed by atoms with Crippen LogP contribution >= 0.6 is 22.9 Å². The summed E-state index contributed by atoms with van der Waals surface area (Å²) in [5, 5.41) is 11.3. The number of carbonyl (C=O) groups is 4. The largest absolute Gasteiger partial charge is 0.496 e. The number of aromatic amines is 1. The molecule has 3 amide bonds. The Morgan fingerprint density at radius 3 is 2.61 bits per heavy atom. The van der Waals surface area contributed by atoms with E-state index in [1.807, 2.05) is 18.2 Å². The van der Waals surface area contributed by atoms with Crippen molar-refractivity contribution < 1.29 is 23.9 Å². The molecule has 0 unspecified atom stereocenters. The van der Waals surface area contributed by atoms with Gasteiger partial charge >= 0.3 is 0 Å². The summed E-state index contributed by atoms with van der Waals surface area (Å²) < 4.78 is 5.42. The lowest BCUT2D eigenvalue weighted by atomic mass is 9.84. The van der Waals surface area contributed by atoms with Gasteiger partial charge in [0.25, 0.3) is 5.91 Å². The number of aromatic nitrogens is 2. The van der Waals surface area contributed by atoms with Crippen LogP contribution in [0.25, 0.3) is 10.9 Å². The second-order valence-electron chi connectivity index (χ2n) is 10.8. The molecule has 2 aromatic heterocycles. The SMILES string of the molecule is COc1cccc2[nH]c(C(=O)N[C@H](CC3CCCCC3)C(=O)N[C@@H](C[C@@H]3CCNC3=O)C(=O)c3nc(Cl)cs3)cc12. The van der Waals surface area contributed by atoms with Gasteiger partial charge in [-0.25, -0.2) is 4.98 Å².